The fourth-order valence-electron chi connectivity index (χ4n) is 4.36. The summed E-state index contributed by atoms with van der Waals surface area (Å²) in [6.45, 7) is 5.29. The van der Waals surface area contributed by atoms with Gasteiger partial charge in [0.05, 0.1) is 24.7 Å². The van der Waals surface area contributed by atoms with Gasteiger partial charge in [-0.05, 0) is 75.1 Å². The van der Waals surface area contributed by atoms with Gasteiger partial charge in [-0.2, -0.15) is 0 Å². The first-order valence-corrected chi connectivity index (χ1v) is 12.8. The van der Waals surface area contributed by atoms with Crippen molar-refractivity contribution in [1.29, 1.82) is 0 Å². The Bertz CT molecular complexity index is 880. The average molecular weight is 502 g/mol. The maximum Gasteiger partial charge on any atom is 0.177 e. The van der Waals surface area contributed by atoms with Crippen molar-refractivity contribution in [3.63, 3.8) is 0 Å². The normalized spacial score (nSPS) is 18.7. The molecule has 1 saturated heterocycles. The van der Waals surface area contributed by atoms with Crippen LogP contribution >= 0.6 is 15.9 Å². The van der Waals surface area contributed by atoms with Crippen molar-refractivity contribution < 1.29 is 19.0 Å². The number of benzene rings is 2. The van der Waals surface area contributed by atoms with Gasteiger partial charge in [0.2, 0.25) is 0 Å². The Morgan fingerprint density at radius 1 is 0.938 bits per heavy atom. The number of ether oxygens (including phenoxy) is 3. The molecule has 0 amide bonds. The molecule has 0 radical (unpaired) electrons. The van der Waals surface area contributed by atoms with Crippen LogP contribution in [0.2, 0.25) is 0 Å². The van der Waals surface area contributed by atoms with Crippen LogP contribution in [0.15, 0.2) is 42.5 Å². The second kappa shape index (κ2) is 11.7. The van der Waals surface area contributed by atoms with Gasteiger partial charge >= 0.3 is 0 Å². The van der Waals surface area contributed by atoms with Crippen molar-refractivity contribution in [2.24, 2.45) is 0 Å². The zero-order chi connectivity index (χ0) is 22.2. The number of carbonyl (C=O) groups is 1. The van der Waals surface area contributed by atoms with E-state index in [0.717, 1.165) is 41.8 Å². The third-order valence-electron chi connectivity index (χ3n) is 6.15. The predicted octanol–water partition coefficient (Wildman–Crippen LogP) is 5.46. The summed E-state index contributed by atoms with van der Waals surface area (Å²) in [6, 6.07) is 13.3. The lowest BCUT2D eigenvalue weighted by molar-refractivity contribution is 0.0896. The van der Waals surface area contributed by atoms with Gasteiger partial charge in [-0.15, -0.1) is 0 Å². The van der Waals surface area contributed by atoms with Crippen molar-refractivity contribution in [3.8, 4) is 17.2 Å². The molecule has 1 unspecified atom stereocenters. The summed E-state index contributed by atoms with van der Waals surface area (Å²) in [7, 11) is 0. The minimum atomic E-state index is -0.297. The fourth-order valence-corrected chi connectivity index (χ4v) is 4.52. The highest BCUT2D eigenvalue weighted by atomic mass is 79.9. The number of halogens is 1. The molecule has 172 valence electrons. The van der Waals surface area contributed by atoms with Crippen LogP contribution in [-0.2, 0) is 0 Å². The van der Waals surface area contributed by atoms with Crippen LogP contribution in [0, 0.1) is 0 Å². The first-order valence-electron chi connectivity index (χ1n) is 11.7. The van der Waals surface area contributed by atoms with Crippen molar-refractivity contribution in [1.82, 2.24) is 4.90 Å². The highest BCUT2D eigenvalue weighted by molar-refractivity contribution is 9.09. The van der Waals surface area contributed by atoms with E-state index in [1.54, 1.807) is 0 Å². The second-order valence-corrected chi connectivity index (χ2v) is 9.24. The number of likely N-dealkylation sites (tertiary alicyclic amines) is 1. The molecule has 32 heavy (non-hydrogen) atoms. The van der Waals surface area contributed by atoms with E-state index in [0.29, 0.717) is 31.1 Å². The molecule has 1 atom stereocenters. The first-order chi connectivity index (χ1) is 15.7. The molecule has 0 N–H and O–H groups in total. The molecule has 2 aromatic carbocycles. The van der Waals surface area contributed by atoms with E-state index < -0.39 is 0 Å². The lowest BCUT2D eigenvalue weighted by Crippen LogP contribution is -2.30. The monoisotopic (exact) mass is 501 g/mol. The van der Waals surface area contributed by atoms with Gasteiger partial charge in [-0.3, -0.25) is 4.79 Å². The maximum absolute atomic E-state index is 13.1. The Morgan fingerprint density at radius 3 is 2.47 bits per heavy atom. The predicted molar refractivity (Wildman–Crippen MR) is 130 cm³/mol. The van der Waals surface area contributed by atoms with E-state index >= 15 is 0 Å². The molecule has 2 aliphatic rings. The molecular weight excluding hydrogens is 470 g/mol. The lowest BCUT2D eigenvalue weighted by atomic mass is 9.89. The minimum absolute atomic E-state index is 0.0912. The van der Waals surface area contributed by atoms with Crippen LogP contribution in [0.3, 0.4) is 0 Å². The molecule has 0 aliphatic carbocycles. The van der Waals surface area contributed by atoms with Gasteiger partial charge in [-0.25, -0.2) is 0 Å². The quantitative estimate of drug-likeness (QED) is 0.319. The standard InChI is InChI=1S/C26H32BrNO4/c27-12-17-31-21-8-6-20(7-9-21)24-19-32-25-18-22(10-11-23(25)26(24)29)30-16-5-4-15-28-13-2-1-3-14-28/h6-11,18,24H,1-5,12-17,19H2. The molecule has 0 aromatic heterocycles. The van der Waals surface area contributed by atoms with Crippen molar-refractivity contribution in [2.45, 2.75) is 38.0 Å². The van der Waals surface area contributed by atoms with Gasteiger partial charge in [0.1, 0.15) is 23.9 Å². The van der Waals surface area contributed by atoms with Gasteiger partial charge in [0, 0.05) is 11.4 Å². The molecule has 1 fully saturated rings. The third kappa shape index (κ3) is 6.04. The smallest absolute Gasteiger partial charge is 0.177 e. The first kappa shape index (κ1) is 23.1. The highest BCUT2D eigenvalue weighted by Gasteiger charge is 2.30. The van der Waals surface area contributed by atoms with Crippen molar-refractivity contribution >= 4 is 21.7 Å². The van der Waals surface area contributed by atoms with E-state index in [2.05, 4.69) is 20.8 Å². The van der Waals surface area contributed by atoms with E-state index in [-0.39, 0.29) is 11.7 Å². The van der Waals surface area contributed by atoms with E-state index in [4.69, 9.17) is 14.2 Å². The van der Waals surface area contributed by atoms with Gasteiger partial charge < -0.3 is 19.1 Å². The Balaban J connectivity index is 1.28. The number of ketones is 1. The third-order valence-corrected chi connectivity index (χ3v) is 6.48. The Morgan fingerprint density at radius 2 is 1.69 bits per heavy atom. The minimum Gasteiger partial charge on any atom is -0.493 e. The summed E-state index contributed by atoms with van der Waals surface area (Å²) in [5.41, 5.74) is 1.57. The Hall–Kier alpha value is -2.05. The van der Waals surface area contributed by atoms with Gasteiger partial charge in [-0.1, -0.05) is 34.5 Å². The van der Waals surface area contributed by atoms with Crippen LogP contribution in [0.1, 0.15) is 53.9 Å². The van der Waals surface area contributed by atoms with E-state index in [9.17, 15) is 4.79 Å². The largest absolute Gasteiger partial charge is 0.493 e. The number of carbonyl (C=O) groups excluding carboxylic acids is 1. The number of nitrogens with zero attached hydrogens (tertiary/aromatic N) is 1. The highest BCUT2D eigenvalue weighted by Crippen LogP contribution is 2.35. The van der Waals surface area contributed by atoms with Crippen LogP contribution in [0.5, 0.6) is 17.2 Å². The number of Topliss-reactive ketones (excluding diaryl/α,β-unsaturated/α-hetero) is 1. The number of hydrogen-bond acceptors (Lipinski definition) is 5. The summed E-state index contributed by atoms with van der Waals surface area (Å²) >= 11 is 3.35. The Labute approximate surface area is 199 Å². The molecule has 2 heterocycles. The van der Waals surface area contributed by atoms with E-state index in [1.807, 2.05) is 42.5 Å². The van der Waals surface area contributed by atoms with Crippen LogP contribution in [-0.4, -0.2) is 55.5 Å². The number of hydrogen-bond donors (Lipinski definition) is 0. The summed E-state index contributed by atoms with van der Waals surface area (Å²) in [4.78, 5) is 15.6. The van der Waals surface area contributed by atoms with Crippen LogP contribution in [0.25, 0.3) is 0 Å². The average Bonchev–Trinajstić information content (AvgIpc) is 2.84. The topological polar surface area (TPSA) is 48.0 Å². The van der Waals surface area contributed by atoms with Crippen molar-refractivity contribution in [2.75, 3.05) is 44.8 Å². The van der Waals surface area contributed by atoms with Gasteiger partial charge in [0.15, 0.2) is 5.78 Å². The molecule has 5 nitrogen and oxygen atoms in total. The molecule has 6 heteroatoms. The molecule has 2 aliphatic heterocycles. The summed E-state index contributed by atoms with van der Waals surface area (Å²) in [5, 5.41) is 0.783. The lowest BCUT2D eigenvalue weighted by Gasteiger charge is -2.26. The Kier molecular flexibility index (Phi) is 8.46. The molecule has 0 spiro atoms. The molecule has 0 bridgehead atoms. The van der Waals surface area contributed by atoms with Crippen LogP contribution in [0.4, 0.5) is 0 Å². The number of rotatable bonds is 10. The summed E-state index contributed by atoms with van der Waals surface area (Å²) < 4.78 is 17.5. The van der Waals surface area contributed by atoms with Gasteiger partial charge in [0.25, 0.3) is 0 Å². The molecule has 2 aromatic rings. The second-order valence-electron chi connectivity index (χ2n) is 8.45. The molecule has 0 saturated carbocycles. The summed E-state index contributed by atoms with van der Waals surface area (Å²) in [6.07, 6.45) is 6.24. The number of unbranched alkanes of at least 4 members (excludes halogenated alkanes) is 1. The molecular formula is C26H32BrNO4. The SMILES string of the molecule is O=C1c2ccc(OCCCCN3CCCCC3)cc2OCC1c1ccc(OCCBr)cc1. The van der Waals surface area contributed by atoms with E-state index in [1.165, 1.54) is 32.4 Å². The van der Waals surface area contributed by atoms with Crippen LogP contribution < -0.4 is 14.2 Å². The zero-order valence-corrected chi connectivity index (χ0v) is 20.1. The number of alkyl halides is 1. The zero-order valence-electron chi connectivity index (χ0n) is 18.6. The number of piperidine rings is 1. The maximum atomic E-state index is 13.1. The number of fused-ring (bicyclic) bond motifs is 1. The molecule has 4 rings (SSSR count). The fraction of sp³-hybridized carbons (Fsp3) is 0.500. The summed E-state index contributed by atoms with van der Waals surface area (Å²) in [5.74, 6) is 1.98. The van der Waals surface area contributed by atoms with Crippen molar-refractivity contribution in [3.05, 3.63) is 53.6 Å².